The normalized spacial score (nSPS) is 20.8. The Labute approximate surface area is 200 Å². The number of methoxy groups -OCH3 is 1. The van der Waals surface area contributed by atoms with Crippen LogP contribution in [0.25, 0.3) is 0 Å². The number of carbonyl (C=O) groups is 1. The molecule has 0 aromatic rings. The van der Waals surface area contributed by atoms with Crippen LogP contribution < -0.4 is 0 Å². The lowest BCUT2D eigenvalue weighted by Crippen LogP contribution is -2.45. The van der Waals surface area contributed by atoms with Gasteiger partial charge in [0.25, 0.3) is 0 Å². The Hall–Kier alpha value is -0.216. The van der Waals surface area contributed by atoms with Gasteiger partial charge >= 0.3 is 5.97 Å². The van der Waals surface area contributed by atoms with Crippen LogP contribution >= 0.6 is 0 Å². The van der Waals surface area contributed by atoms with Gasteiger partial charge in [0.05, 0.1) is 31.5 Å². The summed E-state index contributed by atoms with van der Waals surface area (Å²) in [6.45, 7) is 16.0. The zero-order chi connectivity index (χ0) is 24.2. The van der Waals surface area contributed by atoms with Crippen molar-refractivity contribution < 1.29 is 23.1 Å². The van der Waals surface area contributed by atoms with E-state index in [1.807, 2.05) is 0 Å². The van der Waals surface area contributed by atoms with Crippen molar-refractivity contribution in [2.75, 3.05) is 7.11 Å². The summed E-state index contributed by atoms with van der Waals surface area (Å²) in [5, 5.41) is 0. The molecular formula is C25H52O5Si2. The largest absolute Gasteiger partial charge is 0.469 e. The SMILES string of the molecule is CCCCCC(O[Si](C)(C)C)C(CC1OC1CCCCCCCC(=O)OC)O[Si](C)(C)C. The minimum atomic E-state index is -1.68. The Morgan fingerprint density at radius 3 is 2.00 bits per heavy atom. The number of rotatable bonds is 19. The van der Waals surface area contributed by atoms with Crippen molar-refractivity contribution in [1.82, 2.24) is 0 Å². The van der Waals surface area contributed by atoms with Gasteiger partial charge in [-0.15, -0.1) is 0 Å². The Kier molecular flexibility index (Phi) is 13.9. The summed E-state index contributed by atoms with van der Waals surface area (Å²) < 4.78 is 24.1. The van der Waals surface area contributed by atoms with Crippen LogP contribution in [0.3, 0.4) is 0 Å². The number of ether oxygens (including phenoxy) is 2. The number of hydrogen-bond donors (Lipinski definition) is 0. The molecule has 0 spiro atoms. The Morgan fingerprint density at radius 2 is 1.41 bits per heavy atom. The Morgan fingerprint density at radius 1 is 0.812 bits per heavy atom. The molecule has 1 aliphatic rings. The van der Waals surface area contributed by atoms with Gasteiger partial charge in [0.2, 0.25) is 0 Å². The standard InChI is InChI=1S/C25H52O5Si2/c1-9-10-14-18-22(29-31(3,4)5)24(30-32(6,7)8)20-23-21(28-23)17-15-12-11-13-16-19-25(26)27-2/h21-24H,9-20H2,1-8H3. The summed E-state index contributed by atoms with van der Waals surface area (Å²) in [4.78, 5) is 11.2. The van der Waals surface area contributed by atoms with Crippen molar-refractivity contribution in [3.05, 3.63) is 0 Å². The third kappa shape index (κ3) is 14.8. The summed E-state index contributed by atoms with van der Waals surface area (Å²) in [6, 6.07) is 0. The van der Waals surface area contributed by atoms with Crippen molar-refractivity contribution in [3.63, 3.8) is 0 Å². The van der Waals surface area contributed by atoms with Crippen molar-refractivity contribution >= 4 is 22.6 Å². The predicted molar refractivity (Wildman–Crippen MR) is 138 cm³/mol. The highest BCUT2D eigenvalue weighted by Gasteiger charge is 2.43. The molecule has 7 heteroatoms. The maximum atomic E-state index is 11.2. The molecule has 1 saturated heterocycles. The fourth-order valence-corrected chi connectivity index (χ4v) is 6.55. The summed E-state index contributed by atoms with van der Waals surface area (Å²) in [5.41, 5.74) is 0. The van der Waals surface area contributed by atoms with Crippen LogP contribution in [0, 0.1) is 0 Å². The second-order valence-electron chi connectivity index (χ2n) is 11.4. The van der Waals surface area contributed by atoms with E-state index >= 15 is 0 Å². The van der Waals surface area contributed by atoms with Crippen LogP contribution in [0.4, 0.5) is 0 Å². The van der Waals surface area contributed by atoms with Crippen LogP contribution in [0.5, 0.6) is 0 Å². The van der Waals surface area contributed by atoms with Crippen LogP contribution in [0.15, 0.2) is 0 Å². The molecule has 1 heterocycles. The summed E-state index contributed by atoms with van der Waals surface area (Å²) >= 11 is 0. The third-order valence-corrected chi connectivity index (χ3v) is 7.79. The zero-order valence-electron chi connectivity index (χ0n) is 22.3. The smallest absolute Gasteiger partial charge is 0.305 e. The highest BCUT2D eigenvalue weighted by atomic mass is 28.4. The molecule has 0 saturated carbocycles. The van der Waals surface area contributed by atoms with Gasteiger partial charge in [-0.3, -0.25) is 4.79 Å². The van der Waals surface area contributed by atoms with Gasteiger partial charge < -0.3 is 18.3 Å². The number of epoxide rings is 1. The average Bonchev–Trinajstić information content (AvgIpc) is 3.41. The second-order valence-corrected chi connectivity index (χ2v) is 20.3. The molecule has 0 bridgehead atoms. The topological polar surface area (TPSA) is 57.3 Å². The van der Waals surface area contributed by atoms with Gasteiger partial charge in [-0.1, -0.05) is 51.9 Å². The molecule has 5 nitrogen and oxygen atoms in total. The minimum Gasteiger partial charge on any atom is -0.469 e. The lowest BCUT2D eigenvalue weighted by Gasteiger charge is -2.36. The fraction of sp³-hybridized carbons (Fsp3) is 0.960. The van der Waals surface area contributed by atoms with E-state index in [1.165, 1.54) is 45.6 Å². The number of esters is 1. The van der Waals surface area contributed by atoms with E-state index in [1.54, 1.807) is 0 Å². The summed E-state index contributed by atoms with van der Waals surface area (Å²) in [6.07, 6.45) is 14.1. The van der Waals surface area contributed by atoms with Gasteiger partial charge in [0, 0.05) is 12.8 Å². The van der Waals surface area contributed by atoms with Crippen LogP contribution in [-0.4, -0.2) is 54.1 Å². The minimum absolute atomic E-state index is 0.0968. The van der Waals surface area contributed by atoms with Gasteiger partial charge in [-0.25, -0.2) is 0 Å². The van der Waals surface area contributed by atoms with E-state index in [-0.39, 0.29) is 18.2 Å². The molecule has 1 fully saturated rings. The molecule has 1 rings (SSSR count). The molecule has 4 atom stereocenters. The van der Waals surface area contributed by atoms with Crippen molar-refractivity contribution in [1.29, 1.82) is 0 Å². The monoisotopic (exact) mass is 488 g/mol. The highest BCUT2D eigenvalue weighted by molar-refractivity contribution is 6.70. The molecule has 32 heavy (non-hydrogen) atoms. The second kappa shape index (κ2) is 14.9. The molecule has 0 aromatic heterocycles. The van der Waals surface area contributed by atoms with Crippen molar-refractivity contribution in [2.24, 2.45) is 0 Å². The van der Waals surface area contributed by atoms with Gasteiger partial charge in [-0.2, -0.15) is 0 Å². The van der Waals surface area contributed by atoms with E-state index < -0.39 is 16.6 Å². The highest BCUT2D eigenvalue weighted by Crippen LogP contribution is 2.35. The molecule has 0 amide bonds. The van der Waals surface area contributed by atoms with E-state index in [4.69, 9.17) is 18.3 Å². The zero-order valence-corrected chi connectivity index (χ0v) is 24.3. The van der Waals surface area contributed by atoms with Crippen molar-refractivity contribution in [2.45, 2.75) is 148 Å². The van der Waals surface area contributed by atoms with E-state index in [2.05, 4.69) is 46.2 Å². The number of carbonyl (C=O) groups excluding carboxylic acids is 1. The Bertz CT molecular complexity index is 515. The average molecular weight is 489 g/mol. The molecule has 0 aromatic carbocycles. The molecular weight excluding hydrogens is 436 g/mol. The van der Waals surface area contributed by atoms with Crippen LogP contribution in [-0.2, 0) is 23.1 Å². The first-order chi connectivity index (χ1) is 14.9. The van der Waals surface area contributed by atoms with Gasteiger partial charge in [-0.05, 0) is 58.5 Å². The van der Waals surface area contributed by atoms with Crippen LogP contribution in [0.1, 0.15) is 84.0 Å². The predicted octanol–water partition coefficient (Wildman–Crippen LogP) is 7.07. The fourth-order valence-electron chi connectivity index (χ4n) is 4.22. The summed E-state index contributed by atoms with van der Waals surface area (Å²) in [5.74, 6) is -0.0968. The van der Waals surface area contributed by atoms with Crippen LogP contribution in [0.2, 0.25) is 39.3 Å². The maximum Gasteiger partial charge on any atom is 0.305 e. The van der Waals surface area contributed by atoms with E-state index in [9.17, 15) is 4.79 Å². The molecule has 0 radical (unpaired) electrons. The first kappa shape index (κ1) is 29.8. The molecule has 0 aliphatic carbocycles. The van der Waals surface area contributed by atoms with E-state index in [0.717, 1.165) is 32.1 Å². The molecule has 4 unspecified atom stereocenters. The Balaban J connectivity index is 2.47. The molecule has 1 aliphatic heterocycles. The van der Waals surface area contributed by atoms with Crippen molar-refractivity contribution in [3.8, 4) is 0 Å². The first-order valence-corrected chi connectivity index (χ1v) is 19.8. The number of unbranched alkanes of at least 4 members (excludes halogenated alkanes) is 6. The number of hydrogen-bond acceptors (Lipinski definition) is 5. The third-order valence-electron chi connectivity index (χ3n) is 5.77. The van der Waals surface area contributed by atoms with Gasteiger partial charge in [0.15, 0.2) is 16.6 Å². The molecule has 0 N–H and O–H groups in total. The molecule has 190 valence electrons. The van der Waals surface area contributed by atoms with Gasteiger partial charge in [0.1, 0.15) is 0 Å². The lowest BCUT2D eigenvalue weighted by atomic mass is 10.00. The lowest BCUT2D eigenvalue weighted by molar-refractivity contribution is -0.140. The quantitative estimate of drug-likeness (QED) is 0.0842. The van der Waals surface area contributed by atoms with E-state index in [0.29, 0.717) is 18.6 Å². The first-order valence-electron chi connectivity index (χ1n) is 13.0. The maximum absolute atomic E-state index is 11.2. The summed E-state index contributed by atoms with van der Waals surface area (Å²) in [7, 11) is -1.87.